The van der Waals surface area contributed by atoms with Crippen LogP contribution in [0, 0.1) is 0 Å². The first kappa shape index (κ1) is 26.5. The molecule has 2 aromatic carbocycles. The highest BCUT2D eigenvalue weighted by molar-refractivity contribution is 5.84. The molecule has 2 aliphatic rings. The summed E-state index contributed by atoms with van der Waals surface area (Å²) in [7, 11) is 0. The van der Waals surface area contributed by atoms with E-state index in [1.54, 1.807) is 10.8 Å². The Labute approximate surface area is 229 Å². The fraction of sp³-hybridized carbons (Fsp3) is 0.414. The van der Waals surface area contributed by atoms with Crippen molar-refractivity contribution in [1.29, 1.82) is 0 Å². The van der Waals surface area contributed by atoms with Gasteiger partial charge in [0.2, 0.25) is 0 Å². The number of ether oxygens (including phenoxy) is 1. The molecule has 0 atom stereocenters. The molecule has 0 aliphatic carbocycles. The lowest BCUT2D eigenvalue weighted by Crippen LogP contribution is -2.42. The highest BCUT2D eigenvalue weighted by Crippen LogP contribution is 2.28. The first-order chi connectivity index (χ1) is 19.3. The lowest BCUT2D eigenvalue weighted by atomic mass is 10.1. The van der Waals surface area contributed by atoms with Crippen LogP contribution in [0.15, 0.2) is 65.6 Å². The van der Waals surface area contributed by atoms with Crippen molar-refractivity contribution in [1.82, 2.24) is 24.2 Å². The van der Waals surface area contributed by atoms with Gasteiger partial charge in [0.05, 0.1) is 18.3 Å². The van der Waals surface area contributed by atoms with Crippen molar-refractivity contribution in [3.8, 4) is 17.1 Å². The summed E-state index contributed by atoms with van der Waals surface area (Å²) in [6.45, 7) is 0.966. The fourth-order valence-electron chi connectivity index (χ4n) is 5.63. The van der Waals surface area contributed by atoms with Gasteiger partial charge in [-0.3, -0.25) is 4.90 Å². The molecular weight excluding hydrogens is 521 g/mol. The van der Waals surface area contributed by atoms with Gasteiger partial charge in [0.25, 0.3) is 0 Å². The standard InChI is InChI=1S/C29H31F3N6O2/c30-29(31,32)19-36-13-8-24(9-14-36)38-28(39)37(25-6-5-20-3-1-2-4-21(20)17-25)27(35-38)22-7-12-33-26(18-22)34-23-10-15-40-16-11-23/h1-7,12,17-18,23-24H,8-11,13-16,19H2,(H,33,34). The SMILES string of the molecule is O=c1n(C2CCN(CC(F)(F)F)CC2)nc(-c2ccnc(NC3CCOCC3)c2)n1-c1ccc2ccccc2c1. The molecule has 210 valence electrons. The first-order valence-corrected chi connectivity index (χ1v) is 13.6. The van der Waals surface area contributed by atoms with Crippen molar-refractivity contribution < 1.29 is 17.9 Å². The van der Waals surface area contributed by atoms with Gasteiger partial charge in [-0.15, -0.1) is 5.10 Å². The van der Waals surface area contributed by atoms with Crippen LogP contribution in [-0.4, -0.2) is 69.3 Å². The number of nitrogens with one attached hydrogen (secondary N) is 1. The molecule has 0 bridgehead atoms. The molecule has 4 aromatic rings. The Morgan fingerprint density at radius 2 is 1.70 bits per heavy atom. The summed E-state index contributed by atoms with van der Waals surface area (Å²) < 4.78 is 47.3. The molecule has 8 nitrogen and oxygen atoms in total. The van der Waals surface area contributed by atoms with Crippen LogP contribution in [-0.2, 0) is 4.74 Å². The van der Waals surface area contributed by atoms with Crippen LogP contribution in [0.5, 0.6) is 0 Å². The number of anilines is 1. The summed E-state index contributed by atoms with van der Waals surface area (Å²) in [6.07, 6.45) is 0.0476. The Morgan fingerprint density at radius 3 is 2.45 bits per heavy atom. The molecule has 6 rings (SSSR count). The number of hydrogen-bond donors (Lipinski definition) is 1. The topological polar surface area (TPSA) is 77.2 Å². The van der Waals surface area contributed by atoms with Gasteiger partial charge in [-0.1, -0.05) is 30.3 Å². The summed E-state index contributed by atoms with van der Waals surface area (Å²) in [4.78, 5) is 19.8. The number of likely N-dealkylation sites (tertiary alicyclic amines) is 1. The second-order valence-electron chi connectivity index (χ2n) is 10.5. The van der Waals surface area contributed by atoms with Gasteiger partial charge < -0.3 is 10.1 Å². The Hall–Kier alpha value is -3.70. The minimum atomic E-state index is -4.24. The smallest absolute Gasteiger partial charge is 0.381 e. The summed E-state index contributed by atoms with van der Waals surface area (Å²) in [5.74, 6) is 1.16. The van der Waals surface area contributed by atoms with Gasteiger partial charge in [-0.05, 0) is 60.7 Å². The summed E-state index contributed by atoms with van der Waals surface area (Å²) in [5, 5.41) is 10.3. The van der Waals surface area contributed by atoms with Crippen molar-refractivity contribution in [2.24, 2.45) is 0 Å². The van der Waals surface area contributed by atoms with E-state index in [0.717, 1.165) is 29.2 Å². The third kappa shape index (κ3) is 5.75. The van der Waals surface area contributed by atoms with Gasteiger partial charge in [0.1, 0.15) is 5.82 Å². The monoisotopic (exact) mass is 552 g/mol. The molecule has 0 spiro atoms. The van der Waals surface area contributed by atoms with Crippen LogP contribution >= 0.6 is 0 Å². The molecular formula is C29H31F3N6O2. The maximum absolute atomic E-state index is 13.9. The van der Waals surface area contributed by atoms with Crippen LogP contribution in [0.3, 0.4) is 0 Å². The summed E-state index contributed by atoms with van der Waals surface area (Å²) in [6, 6.07) is 17.4. The summed E-state index contributed by atoms with van der Waals surface area (Å²) in [5.41, 5.74) is 1.09. The Balaban J connectivity index is 1.37. The van der Waals surface area contributed by atoms with E-state index in [4.69, 9.17) is 9.84 Å². The van der Waals surface area contributed by atoms with Gasteiger partial charge in [0.15, 0.2) is 5.82 Å². The number of nitrogens with zero attached hydrogens (tertiary/aromatic N) is 5. The molecule has 0 unspecified atom stereocenters. The van der Waals surface area contributed by atoms with Gasteiger partial charge in [-0.2, -0.15) is 13.2 Å². The molecule has 2 aromatic heterocycles. The summed E-state index contributed by atoms with van der Waals surface area (Å²) >= 11 is 0. The number of rotatable bonds is 6. The Bertz CT molecular complexity index is 1530. The number of piperidine rings is 1. The van der Waals surface area contributed by atoms with E-state index in [1.807, 2.05) is 54.6 Å². The number of aromatic nitrogens is 4. The normalized spacial score (nSPS) is 17.9. The number of hydrogen-bond acceptors (Lipinski definition) is 6. The van der Waals surface area contributed by atoms with Gasteiger partial charge in [-0.25, -0.2) is 19.0 Å². The zero-order chi connectivity index (χ0) is 27.7. The molecule has 11 heteroatoms. The van der Waals surface area contributed by atoms with E-state index in [9.17, 15) is 18.0 Å². The lowest BCUT2D eigenvalue weighted by molar-refractivity contribution is -0.148. The van der Waals surface area contributed by atoms with E-state index in [-0.39, 0.29) is 30.9 Å². The maximum Gasteiger partial charge on any atom is 0.401 e. The maximum atomic E-state index is 13.9. The molecule has 0 amide bonds. The number of halogens is 3. The van der Waals surface area contributed by atoms with Crippen molar-refractivity contribution in [2.75, 3.05) is 38.2 Å². The van der Waals surface area contributed by atoms with Crippen LogP contribution in [0.1, 0.15) is 31.7 Å². The molecule has 2 saturated heterocycles. The Morgan fingerprint density at radius 1 is 0.950 bits per heavy atom. The fourth-order valence-corrected chi connectivity index (χ4v) is 5.63. The van der Waals surface area contributed by atoms with Crippen molar-refractivity contribution >= 4 is 16.6 Å². The van der Waals surface area contributed by atoms with E-state index in [2.05, 4.69) is 10.3 Å². The minimum absolute atomic E-state index is 0.249. The van der Waals surface area contributed by atoms with Crippen LogP contribution in [0.2, 0.25) is 0 Å². The molecule has 40 heavy (non-hydrogen) atoms. The molecule has 4 heterocycles. The quantitative estimate of drug-likeness (QED) is 0.361. The number of alkyl halides is 3. The third-order valence-corrected chi connectivity index (χ3v) is 7.69. The zero-order valence-electron chi connectivity index (χ0n) is 22.0. The lowest BCUT2D eigenvalue weighted by Gasteiger charge is -2.31. The predicted molar refractivity (Wildman–Crippen MR) is 147 cm³/mol. The second kappa shape index (κ2) is 11.1. The van der Waals surface area contributed by atoms with Crippen LogP contribution in [0.25, 0.3) is 27.8 Å². The molecule has 1 N–H and O–H groups in total. The molecule has 2 aliphatic heterocycles. The predicted octanol–water partition coefficient (Wildman–Crippen LogP) is 5.04. The number of pyridine rings is 1. The molecule has 2 fully saturated rings. The van der Waals surface area contributed by atoms with Crippen molar-refractivity contribution in [3.63, 3.8) is 0 Å². The highest BCUT2D eigenvalue weighted by Gasteiger charge is 2.34. The largest absolute Gasteiger partial charge is 0.401 e. The van der Waals surface area contributed by atoms with Crippen molar-refractivity contribution in [3.05, 3.63) is 71.3 Å². The van der Waals surface area contributed by atoms with E-state index >= 15 is 0 Å². The number of benzene rings is 2. The van der Waals surface area contributed by atoms with Gasteiger partial charge in [0, 0.05) is 44.1 Å². The second-order valence-corrected chi connectivity index (χ2v) is 10.5. The molecule has 0 saturated carbocycles. The van der Waals surface area contributed by atoms with Gasteiger partial charge >= 0.3 is 11.9 Å². The minimum Gasteiger partial charge on any atom is -0.381 e. The molecule has 0 radical (unpaired) electrons. The number of fused-ring (bicyclic) bond motifs is 1. The third-order valence-electron chi connectivity index (χ3n) is 7.69. The average Bonchev–Trinajstić information content (AvgIpc) is 3.30. The van der Waals surface area contributed by atoms with Crippen LogP contribution in [0.4, 0.5) is 19.0 Å². The van der Waals surface area contributed by atoms with Crippen molar-refractivity contribution in [2.45, 2.75) is 43.9 Å². The Kier molecular flexibility index (Phi) is 7.33. The van der Waals surface area contributed by atoms with Crippen LogP contribution < -0.4 is 11.0 Å². The van der Waals surface area contributed by atoms with E-state index in [0.29, 0.717) is 43.4 Å². The average molecular weight is 553 g/mol. The van der Waals surface area contributed by atoms with E-state index < -0.39 is 12.7 Å². The van der Waals surface area contributed by atoms with E-state index in [1.165, 1.54) is 9.58 Å². The first-order valence-electron chi connectivity index (χ1n) is 13.6. The zero-order valence-corrected chi connectivity index (χ0v) is 22.0. The highest BCUT2D eigenvalue weighted by atomic mass is 19.4.